The normalized spacial score (nSPS) is 10.8. The van der Waals surface area contributed by atoms with Gasteiger partial charge in [-0.2, -0.15) is 0 Å². The first-order chi connectivity index (χ1) is 13.0. The zero-order valence-electron chi connectivity index (χ0n) is 14.9. The molecule has 0 saturated heterocycles. The molecule has 3 rings (SSSR count). The van der Waals surface area contributed by atoms with Crippen molar-refractivity contribution in [1.29, 1.82) is 0 Å². The number of ether oxygens (including phenoxy) is 1. The van der Waals surface area contributed by atoms with Gasteiger partial charge in [0.2, 0.25) is 5.82 Å². The number of carbonyl (C=O) groups excluding carboxylic acids is 1. The minimum Gasteiger partial charge on any atom is -0.383 e. The molecule has 27 heavy (non-hydrogen) atoms. The van der Waals surface area contributed by atoms with E-state index < -0.39 is 0 Å². The molecule has 1 aromatic heterocycles. The third kappa shape index (κ3) is 4.47. The minimum absolute atomic E-state index is 0.0627. The van der Waals surface area contributed by atoms with E-state index in [1.54, 1.807) is 30.0 Å². The van der Waals surface area contributed by atoms with Gasteiger partial charge in [0.05, 0.1) is 12.3 Å². The van der Waals surface area contributed by atoms with Crippen molar-refractivity contribution in [2.24, 2.45) is 0 Å². The topological polar surface area (TPSA) is 69.0 Å². The summed E-state index contributed by atoms with van der Waals surface area (Å²) in [4.78, 5) is 16.8. The maximum absolute atomic E-state index is 12.4. The Hall–Kier alpha value is -2.41. The number of rotatable bonds is 6. The molecule has 0 radical (unpaired) electrons. The van der Waals surface area contributed by atoms with Crippen LogP contribution in [0.1, 0.15) is 16.2 Å². The van der Waals surface area contributed by atoms with Crippen molar-refractivity contribution in [2.75, 3.05) is 20.3 Å². The Morgan fingerprint density at radius 3 is 2.59 bits per heavy atom. The van der Waals surface area contributed by atoms with E-state index in [4.69, 9.17) is 27.9 Å². The van der Waals surface area contributed by atoms with Crippen LogP contribution in [0.25, 0.3) is 17.1 Å². The van der Waals surface area contributed by atoms with Crippen molar-refractivity contribution in [3.8, 4) is 17.1 Å². The molecule has 0 spiro atoms. The molecular formula is C19H18Cl2N4O2. The molecule has 1 heterocycles. The van der Waals surface area contributed by atoms with Crippen LogP contribution in [0.3, 0.4) is 0 Å². The molecule has 0 saturated carbocycles. The largest absolute Gasteiger partial charge is 0.383 e. The molecule has 6 nitrogen and oxygen atoms in total. The van der Waals surface area contributed by atoms with Gasteiger partial charge in [0.15, 0.2) is 5.82 Å². The van der Waals surface area contributed by atoms with Crippen molar-refractivity contribution in [1.82, 2.24) is 20.1 Å². The third-order valence-corrected chi connectivity index (χ3v) is 4.56. The second-order valence-corrected chi connectivity index (χ2v) is 6.70. The number of carbonyl (C=O) groups is 1. The Bertz CT molecular complexity index is 955. The summed E-state index contributed by atoms with van der Waals surface area (Å²) in [5.41, 5.74) is 2.43. The van der Waals surface area contributed by atoms with Crippen LogP contribution in [-0.2, 0) is 4.74 Å². The predicted octanol–water partition coefficient (Wildman–Crippen LogP) is 3.93. The lowest BCUT2D eigenvalue weighted by molar-refractivity contribution is 0.0927. The average Bonchev–Trinajstić information content (AvgIpc) is 3.10. The van der Waals surface area contributed by atoms with Crippen LogP contribution in [0, 0.1) is 6.92 Å². The fourth-order valence-corrected chi connectivity index (χ4v) is 2.73. The van der Waals surface area contributed by atoms with Crippen molar-refractivity contribution < 1.29 is 9.53 Å². The summed E-state index contributed by atoms with van der Waals surface area (Å²) in [7, 11) is 1.57. The second-order valence-electron chi connectivity index (χ2n) is 5.86. The number of benzene rings is 2. The fourth-order valence-electron chi connectivity index (χ4n) is 2.43. The molecule has 0 fully saturated rings. The quantitative estimate of drug-likeness (QED) is 0.631. The monoisotopic (exact) mass is 404 g/mol. The molecule has 3 aromatic rings. The summed E-state index contributed by atoms with van der Waals surface area (Å²) < 4.78 is 6.54. The molecule has 140 valence electrons. The highest BCUT2D eigenvalue weighted by Crippen LogP contribution is 2.25. The molecule has 0 bridgehead atoms. The molecule has 0 atom stereocenters. The van der Waals surface area contributed by atoms with E-state index in [-0.39, 0.29) is 11.7 Å². The Labute approximate surface area is 167 Å². The minimum atomic E-state index is -0.376. The van der Waals surface area contributed by atoms with Crippen LogP contribution >= 0.6 is 23.2 Å². The fraction of sp³-hybridized carbons (Fsp3) is 0.211. The van der Waals surface area contributed by atoms with Crippen LogP contribution < -0.4 is 5.32 Å². The maximum Gasteiger partial charge on any atom is 0.291 e. The van der Waals surface area contributed by atoms with Crippen molar-refractivity contribution in [2.45, 2.75) is 6.92 Å². The number of nitrogens with one attached hydrogen (secondary N) is 1. The maximum atomic E-state index is 12.4. The number of methoxy groups -OCH3 is 1. The lowest BCUT2D eigenvalue weighted by Crippen LogP contribution is -2.28. The number of hydrogen-bond donors (Lipinski definition) is 1. The Morgan fingerprint density at radius 1 is 1.19 bits per heavy atom. The van der Waals surface area contributed by atoms with Gasteiger partial charge in [-0.15, -0.1) is 5.10 Å². The highest BCUT2D eigenvalue weighted by molar-refractivity contribution is 6.31. The standard InChI is InChI=1S/C19H18Cl2N4O2/c1-12-3-8-15(11-16(12)21)25-18(13-4-6-14(20)7-5-13)23-17(24-25)19(26)22-9-10-27-2/h3-8,11H,9-10H2,1-2H3,(H,22,26). The number of halogens is 2. The van der Waals surface area contributed by atoms with E-state index >= 15 is 0 Å². The van der Waals surface area contributed by atoms with Crippen LogP contribution in [0.4, 0.5) is 0 Å². The zero-order chi connectivity index (χ0) is 19.4. The van der Waals surface area contributed by atoms with Gasteiger partial charge >= 0.3 is 0 Å². The number of aryl methyl sites for hydroxylation is 1. The van der Waals surface area contributed by atoms with Gasteiger partial charge < -0.3 is 10.1 Å². The van der Waals surface area contributed by atoms with E-state index in [1.807, 2.05) is 31.2 Å². The second kappa shape index (κ2) is 8.52. The number of hydrogen-bond acceptors (Lipinski definition) is 4. The highest BCUT2D eigenvalue weighted by Gasteiger charge is 2.19. The van der Waals surface area contributed by atoms with Gasteiger partial charge in [-0.05, 0) is 48.9 Å². The van der Waals surface area contributed by atoms with E-state index in [0.29, 0.717) is 34.7 Å². The third-order valence-electron chi connectivity index (χ3n) is 3.90. The Balaban J connectivity index is 2.04. The molecule has 0 aliphatic carbocycles. The molecule has 1 N–H and O–H groups in total. The van der Waals surface area contributed by atoms with Gasteiger partial charge in [-0.3, -0.25) is 4.79 Å². The smallest absolute Gasteiger partial charge is 0.291 e. The first-order valence-electron chi connectivity index (χ1n) is 8.26. The van der Waals surface area contributed by atoms with E-state index in [9.17, 15) is 4.79 Å². The predicted molar refractivity (Wildman–Crippen MR) is 106 cm³/mol. The molecule has 8 heteroatoms. The summed E-state index contributed by atoms with van der Waals surface area (Å²) in [5.74, 6) is 0.204. The molecule has 2 aromatic carbocycles. The Kier molecular flexibility index (Phi) is 6.11. The van der Waals surface area contributed by atoms with Gasteiger partial charge in [0.1, 0.15) is 0 Å². The van der Waals surface area contributed by atoms with E-state index in [2.05, 4.69) is 15.4 Å². The van der Waals surface area contributed by atoms with Crippen LogP contribution in [0.15, 0.2) is 42.5 Å². The Morgan fingerprint density at radius 2 is 1.93 bits per heavy atom. The van der Waals surface area contributed by atoms with E-state index in [1.165, 1.54) is 0 Å². The van der Waals surface area contributed by atoms with Crippen LogP contribution in [-0.4, -0.2) is 40.9 Å². The first-order valence-corrected chi connectivity index (χ1v) is 9.02. The van der Waals surface area contributed by atoms with Crippen molar-refractivity contribution in [3.05, 3.63) is 63.9 Å². The lowest BCUT2D eigenvalue weighted by atomic mass is 10.2. The lowest BCUT2D eigenvalue weighted by Gasteiger charge is -2.07. The van der Waals surface area contributed by atoms with Crippen LogP contribution in [0.5, 0.6) is 0 Å². The molecule has 0 aliphatic rings. The van der Waals surface area contributed by atoms with Gasteiger partial charge in [-0.1, -0.05) is 29.3 Å². The molecule has 0 aliphatic heterocycles. The summed E-state index contributed by atoms with van der Waals surface area (Å²) >= 11 is 12.2. The van der Waals surface area contributed by atoms with Crippen LogP contribution in [0.2, 0.25) is 10.0 Å². The highest BCUT2D eigenvalue weighted by atomic mass is 35.5. The summed E-state index contributed by atoms with van der Waals surface area (Å²) in [6.45, 7) is 2.70. The van der Waals surface area contributed by atoms with Gasteiger partial charge in [0.25, 0.3) is 5.91 Å². The molecule has 1 amide bonds. The summed E-state index contributed by atoms with van der Waals surface area (Å²) in [6.07, 6.45) is 0. The van der Waals surface area contributed by atoms with E-state index in [0.717, 1.165) is 11.1 Å². The first kappa shape index (κ1) is 19.4. The van der Waals surface area contributed by atoms with Gasteiger partial charge in [-0.25, -0.2) is 9.67 Å². The van der Waals surface area contributed by atoms with Crippen molar-refractivity contribution >= 4 is 29.1 Å². The van der Waals surface area contributed by atoms with Crippen molar-refractivity contribution in [3.63, 3.8) is 0 Å². The zero-order valence-corrected chi connectivity index (χ0v) is 16.4. The molecular weight excluding hydrogens is 387 g/mol. The summed E-state index contributed by atoms with van der Waals surface area (Å²) in [6, 6.07) is 12.7. The number of amides is 1. The summed E-state index contributed by atoms with van der Waals surface area (Å²) in [5, 5.41) is 8.33. The molecule has 0 unspecified atom stereocenters. The average molecular weight is 405 g/mol. The number of nitrogens with zero attached hydrogens (tertiary/aromatic N) is 3. The van der Waals surface area contributed by atoms with Gasteiger partial charge in [0, 0.05) is 29.3 Å². The SMILES string of the molecule is COCCNC(=O)c1nc(-c2ccc(Cl)cc2)n(-c2ccc(C)c(Cl)c2)n1. The number of aromatic nitrogens is 3.